The lowest BCUT2D eigenvalue weighted by molar-refractivity contribution is 0.921. The van der Waals surface area contributed by atoms with E-state index in [1.807, 2.05) is 7.05 Å². The summed E-state index contributed by atoms with van der Waals surface area (Å²) in [5, 5.41) is 5.23. The first kappa shape index (κ1) is 10.4. The number of rotatable bonds is 3. The van der Waals surface area contributed by atoms with E-state index in [2.05, 4.69) is 46.1 Å². The van der Waals surface area contributed by atoms with Crippen LogP contribution in [0.2, 0.25) is 0 Å². The number of likely N-dealkylation sites (N-methyl/N-ethyl adjacent to an activating group) is 1. The van der Waals surface area contributed by atoms with Gasteiger partial charge in [-0.05, 0) is 27.0 Å². The Morgan fingerprint density at radius 2 is 2.33 bits per heavy atom. The first-order valence-electron chi connectivity index (χ1n) is 4.98. The minimum absolute atomic E-state index is 0.885. The Labute approximate surface area is 93.5 Å². The smallest absolute Gasteiger partial charge is 0.194 e. The van der Waals surface area contributed by atoms with Crippen molar-refractivity contribution in [2.45, 2.75) is 13.8 Å². The van der Waals surface area contributed by atoms with Crippen LogP contribution in [0.3, 0.4) is 0 Å². The molecule has 4 heteroatoms. The van der Waals surface area contributed by atoms with Crippen molar-refractivity contribution >= 4 is 22.4 Å². The second-order valence-electron chi connectivity index (χ2n) is 3.54. The molecule has 0 atom stereocenters. The van der Waals surface area contributed by atoms with Crippen LogP contribution in [0.1, 0.15) is 17.1 Å². The number of thiazole rings is 1. The highest BCUT2D eigenvalue weighted by atomic mass is 32.1. The maximum Gasteiger partial charge on any atom is 0.194 e. The number of nitrogens with one attached hydrogen (secondary N) is 1. The lowest BCUT2D eigenvalue weighted by Gasteiger charge is -1.96. The fraction of sp³-hybridized carbons (Fsp3) is 0.364. The Morgan fingerprint density at radius 3 is 3.07 bits per heavy atom. The first-order chi connectivity index (χ1) is 7.24. The van der Waals surface area contributed by atoms with Gasteiger partial charge in [-0.25, -0.2) is 4.98 Å². The van der Waals surface area contributed by atoms with E-state index in [4.69, 9.17) is 0 Å². The van der Waals surface area contributed by atoms with E-state index in [9.17, 15) is 0 Å². The molecule has 0 aliphatic carbocycles. The van der Waals surface area contributed by atoms with Crippen molar-refractivity contribution in [3.8, 4) is 0 Å². The summed E-state index contributed by atoms with van der Waals surface area (Å²) in [6.45, 7) is 5.05. The van der Waals surface area contributed by atoms with Crippen LogP contribution < -0.4 is 5.32 Å². The largest absolute Gasteiger partial charge is 0.316 e. The van der Waals surface area contributed by atoms with Crippen molar-refractivity contribution in [2.24, 2.45) is 0 Å². The number of aromatic nitrogens is 2. The van der Waals surface area contributed by atoms with Crippen LogP contribution in [-0.2, 0) is 0 Å². The van der Waals surface area contributed by atoms with Gasteiger partial charge in [-0.15, -0.1) is 11.3 Å². The quantitative estimate of drug-likeness (QED) is 0.861. The fourth-order valence-corrected chi connectivity index (χ4v) is 2.53. The molecule has 1 N–H and O–H groups in total. The molecule has 0 amide bonds. The SMILES string of the molecule is CNCC=Cc1c(C)nc2scc(C)n12. The topological polar surface area (TPSA) is 29.3 Å². The molecule has 15 heavy (non-hydrogen) atoms. The third-order valence-corrected chi connectivity index (χ3v) is 3.30. The summed E-state index contributed by atoms with van der Waals surface area (Å²) in [4.78, 5) is 5.60. The monoisotopic (exact) mass is 221 g/mol. The van der Waals surface area contributed by atoms with Gasteiger partial charge < -0.3 is 5.32 Å². The highest BCUT2D eigenvalue weighted by Gasteiger charge is 2.08. The van der Waals surface area contributed by atoms with Crippen molar-refractivity contribution in [1.82, 2.24) is 14.7 Å². The van der Waals surface area contributed by atoms with Gasteiger partial charge in [-0.2, -0.15) is 0 Å². The van der Waals surface area contributed by atoms with Crippen LogP contribution in [0.4, 0.5) is 0 Å². The van der Waals surface area contributed by atoms with Crippen molar-refractivity contribution in [1.29, 1.82) is 0 Å². The zero-order valence-corrected chi connectivity index (χ0v) is 10.1. The number of nitrogens with zero attached hydrogens (tertiary/aromatic N) is 2. The van der Waals surface area contributed by atoms with Crippen LogP contribution in [0, 0.1) is 13.8 Å². The van der Waals surface area contributed by atoms with Crippen LogP contribution in [0.15, 0.2) is 11.5 Å². The van der Waals surface area contributed by atoms with Gasteiger partial charge in [0.05, 0.1) is 11.4 Å². The molecule has 0 fully saturated rings. The van der Waals surface area contributed by atoms with Gasteiger partial charge in [0.2, 0.25) is 0 Å². The Hall–Kier alpha value is -1.13. The van der Waals surface area contributed by atoms with Crippen LogP contribution in [0.25, 0.3) is 11.0 Å². The van der Waals surface area contributed by atoms with E-state index in [1.54, 1.807) is 11.3 Å². The maximum absolute atomic E-state index is 4.52. The minimum atomic E-state index is 0.885. The second-order valence-corrected chi connectivity index (χ2v) is 4.37. The van der Waals surface area contributed by atoms with Gasteiger partial charge in [0.25, 0.3) is 0 Å². The zero-order chi connectivity index (χ0) is 10.8. The third-order valence-electron chi connectivity index (χ3n) is 2.35. The molecule has 2 heterocycles. The second kappa shape index (κ2) is 4.16. The molecule has 0 bridgehead atoms. The van der Waals surface area contributed by atoms with Crippen molar-refractivity contribution < 1.29 is 0 Å². The lowest BCUT2D eigenvalue weighted by atomic mass is 10.3. The molecule has 0 aromatic carbocycles. The molecule has 0 saturated carbocycles. The highest BCUT2D eigenvalue weighted by Crippen LogP contribution is 2.21. The predicted molar refractivity (Wildman–Crippen MR) is 65.5 cm³/mol. The number of hydrogen-bond acceptors (Lipinski definition) is 3. The van der Waals surface area contributed by atoms with Crippen LogP contribution in [0.5, 0.6) is 0 Å². The van der Waals surface area contributed by atoms with Crippen molar-refractivity contribution in [2.75, 3.05) is 13.6 Å². The standard InChI is InChI=1S/C11H15N3S/c1-8-7-15-11-13-9(2)10(14(8)11)5-4-6-12-3/h4-5,7,12H,6H2,1-3H3. The maximum atomic E-state index is 4.52. The summed E-state index contributed by atoms with van der Waals surface area (Å²) in [5.41, 5.74) is 3.54. The van der Waals surface area contributed by atoms with Gasteiger partial charge in [0.15, 0.2) is 4.96 Å². The zero-order valence-electron chi connectivity index (χ0n) is 9.24. The number of fused-ring (bicyclic) bond motifs is 1. The Morgan fingerprint density at radius 1 is 1.53 bits per heavy atom. The average molecular weight is 221 g/mol. The Bertz CT molecular complexity index is 493. The fourth-order valence-electron chi connectivity index (χ4n) is 1.61. The normalized spacial score (nSPS) is 11.9. The van der Waals surface area contributed by atoms with E-state index >= 15 is 0 Å². The van der Waals surface area contributed by atoms with E-state index in [0.717, 1.165) is 17.2 Å². The summed E-state index contributed by atoms with van der Waals surface area (Å²) >= 11 is 1.69. The molecule has 3 nitrogen and oxygen atoms in total. The van der Waals surface area contributed by atoms with E-state index in [1.165, 1.54) is 11.4 Å². The van der Waals surface area contributed by atoms with Crippen LogP contribution in [-0.4, -0.2) is 23.0 Å². The summed E-state index contributed by atoms with van der Waals surface area (Å²) in [6.07, 6.45) is 4.25. The van der Waals surface area contributed by atoms with Gasteiger partial charge in [-0.3, -0.25) is 4.40 Å². The van der Waals surface area contributed by atoms with Crippen molar-refractivity contribution in [3.63, 3.8) is 0 Å². The predicted octanol–water partition coefficient (Wildman–Crippen LogP) is 2.25. The van der Waals surface area contributed by atoms with Crippen molar-refractivity contribution in [3.05, 3.63) is 28.5 Å². The lowest BCUT2D eigenvalue weighted by Crippen LogP contribution is -2.03. The minimum Gasteiger partial charge on any atom is -0.316 e. The molecular weight excluding hydrogens is 206 g/mol. The summed E-state index contributed by atoms with van der Waals surface area (Å²) in [6, 6.07) is 0. The van der Waals surface area contributed by atoms with Gasteiger partial charge >= 0.3 is 0 Å². The van der Waals surface area contributed by atoms with Gasteiger partial charge in [0.1, 0.15) is 0 Å². The molecule has 0 aliphatic heterocycles. The van der Waals surface area contributed by atoms with E-state index in [0.29, 0.717) is 0 Å². The molecule has 0 unspecified atom stereocenters. The molecule has 0 aliphatic rings. The molecule has 0 spiro atoms. The average Bonchev–Trinajstić information content (AvgIpc) is 2.70. The molecule has 0 saturated heterocycles. The number of imidazole rings is 1. The first-order valence-corrected chi connectivity index (χ1v) is 5.86. The summed E-state index contributed by atoms with van der Waals surface area (Å²) in [5.74, 6) is 0. The molecule has 80 valence electrons. The highest BCUT2D eigenvalue weighted by molar-refractivity contribution is 7.15. The molecule has 2 aromatic heterocycles. The Balaban J connectivity index is 2.47. The van der Waals surface area contributed by atoms with Crippen LogP contribution >= 0.6 is 11.3 Å². The molecule has 0 radical (unpaired) electrons. The summed E-state index contributed by atoms with van der Waals surface area (Å²) < 4.78 is 2.20. The molecule has 2 rings (SSSR count). The van der Waals surface area contributed by atoms with Gasteiger partial charge in [0, 0.05) is 17.6 Å². The third kappa shape index (κ3) is 1.82. The Kier molecular flexibility index (Phi) is 2.88. The number of aryl methyl sites for hydroxylation is 2. The van der Waals surface area contributed by atoms with Gasteiger partial charge in [-0.1, -0.05) is 6.08 Å². The van der Waals surface area contributed by atoms with E-state index in [-0.39, 0.29) is 0 Å². The summed E-state index contributed by atoms with van der Waals surface area (Å²) in [7, 11) is 1.94. The number of hydrogen-bond donors (Lipinski definition) is 1. The molecular formula is C11H15N3S. The van der Waals surface area contributed by atoms with E-state index < -0.39 is 0 Å². The molecule has 2 aromatic rings.